The number of nitrogens with zero attached hydrogens (tertiary/aromatic N) is 4. The molecule has 11 heteroatoms. The second kappa shape index (κ2) is 10.5. The highest BCUT2D eigenvalue weighted by molar-refractivity contribution is 9.09. The quantitative estimate of drug-likeness (QED) is 0.471. The van der Waals surface area contributed by atoms with Crippen molar-refractivity contribution in [2.24, 2.45) is 5.92 Å². The topological polar surface area (TPSA) is 62.5 Å². The van der Waals surface area contributed by atoms with Gasteiger partial charge in [0.15, 0.2) is 0 Å². The van der Waals surface area contributed by atoms with Crippen LogP contribution in [0.3, 0.4) is 0 Å². The largest absolute Gasteiger partial charge is 0.470 e. The van der Waals surface area contributed by atoms with E-state index >= 15 is 0 Å². The molecule has 3 aliphatic rings. The summed E-state index contributed by atoms with van der Waals surface area (Å²) in [6.45, 7) is 2.32. The summed E-state index contributed by atoms with van der Waals surface area (Å²) >= 11 is 5.65. The molecule has 1 aromatic heterocycles. The van der Waals surface area contributed by atoms with Crippen molar-refractivity contribution in [3.05, 3.63) is 11.8 Å². The van der Waals surface area contributed by atoms with Gasteiger partial charge in [0.1, 0.15) is 0 Å². The molecule has 1 aliphatic heterocycles. The molecule has 2 heterocycles. The summed E-state index contributed by atoms with van der Waals surface area (Å²) in [5.41, 5.74) is 0. The number of aromatic nitrogens is 2. The molecule has 180 valence electrons. The predicted molar refractivity (Wildman–Crippen MR) is 120 cm³/mol. The van der Waals surface area contributed by atoms with E-state index in [0.717, 1.165) is 69.7 Å². The zero-order chi connectivity index (χ0) is 22.7. The van der Waals surface area contributed by atoms with Crippen molar-refractivity contribution in [3.63, 3.8) is 0 Å². The highest BCUT2D eigenvalue weighted by Crippen LogP contribution is 2.38. The highest BCUT2D eigenvalue weighted by Gasteiger charge is 2.40. The molecule has 2 amide bonds. The molecular weight excluding hydrogens is 509 g/mol. The van der Waals surface area contributed by atoms with Gasteiger partial charge < -0.3 is 14.2 Å². The fourth-order valence-electron chi connectivity index (χ4n) is 5.09. The molecule has 6 nitrogen and oxygen atoms in total. The van der Waals surface area contributed by atoms with Crippen molar-refractivity contribution < 1.29 is 22.4 Å². The number of hydrogen-bond donors (Lipinski definition) is 0. The molecule has 32 heavy (non-hydrogen) atoms. The second-order valence-corrected chi connectivity index (χ2v) is 11.6. The van der Waals surface area contributed by atoms with Gasteiger partial charge in [-0.1, -0.05) is 22.4 Å². The molecule has 0 radical (unpaired) electrons. The first-order valence-corrected chi connectivity index (χ1v) is 13.6. The van der Waals surface area contributed by atoms with Crippen LogP contribution >= 0.6 is 27.7 Å². The lowest BCUT2D eigenvalue weighted by atomic mass is 9.81. The lowest BCUT2D eigenvalue weighted by Gasteiger charge is -2.42. The fraction of sp³-hybridized carbons (Fsp3) is 0.857. The van der Waals surface area contributed by atoms with Crippen LogP contribution in [-0.2, 0) is 6.18 Å². The van der Waals surface area contributed by atoms with Crippen molar-refractivity contribution in [2.75, 3.05) is 31.1 Å². The molecule has 2 atom stereocenters. The maximum atomic E-state index is 13.4. The predicted octanol–water partition coefficient (Wildman–Crippen LogP) is 5.54. The molecule has 2 unspecified atom stereocenters. The van der Waals surface area contributed by atoms with Gasteiger partial charge in [-0.2, -0.15) is 24.9 Å². The van der Waals surface area contributed by atoms with Gasteiger partial charge in [-0.05, 0) is 50.9 Å². The lowest BCUT2D eigenvalue weighted by Crippen LogP contribution is -2.53. The molecule has 1 saturated heterocycles. The third-order valence-corrected chi connectivity index (χ3v) is 8.66. The Kier molecular flexibility index (Phi) is 7.95. The third kappa shape index (κ3) is 5.93. The summed E-state index contributed by atoms with van der Waals surface area (Å²) < 4.78 is 43.2. The van der Waals surface area contributed by atoms with Crippen LogP contribution in [0.4, 0.5) is 18.0 Å². The van der Waals surface area contributed by atoms with Crippen LogP contribution in [-0.4, -0.2) is 68.0 Å². The van der Waals surface area contributed by atoms with Gasteiger partial charge in [-0.3, -0.25) is 0 Å². The van der Waals surface area contributed by atoms with Crippen molar-refractivity contribution in [2.45, 2.75) is 74.3 Å². The SMILES string of the molecule is O=C(N1CCSCC1)N(CC1CCC(c2nnc(C(F)(F)F)o2)CC1)C1CCCC(Br)C1. The average Bonchev–Trinajstić information content (AvgIpc) is 3.29. The standard InChI is InChI=1S/C21H30BrF3N4O2S/c22-16-2-1-3-17(12-16)29(20(30)28-8-10-32-11-9-28)13-14-4-6-15(7-5-14)18-26-27-19(31-18)21(23,24)25/h14-17H,1-13H2. The van der Waals surface area contributed by atoms with E-state index in [2.05, 4.69) is 31.0 Å². The molecular formula is C21H30BrF3N4O2S. The highest BCUT2D eigenvalue weighted by atomic mass is 79.9. The second-order valence-electron chi connectivity index (χ2n) is 9.11. The number of amides is 2. The minimum atomic E-state index is -4.61. The van der Waals surface area contributed by atoms with E-state index in [0.29, 0.717) is 23.6 Å². The van der Waals surface area contributed by atoms with E-state index in [1.807, 2.05) is 16.7 Å². The van der Waals surface area contributed by atoms with Crippen LogP contribution in [0.25, 0.3) is 0 Å². The van der Waals surface area contributed by atoms with Crippen LogP contribution in [0.5, 0.6) is 0 Å². The Labute approximate surface area is 199 Å². The van der Waals surface area contributed by atoms with Crippen LogP contribution in [0.15, 0.2) is 4.42 Å². The van der Waals surface area contributed by atoms with Crippen molar-refractivity contribution >= 4 is 33.7 Å². The fourth-order valence-corrected chi connectivity index (χ4v) is 6.75. The number of hydrogen-bond acceptors (Lipinski definition) is 5. The Morgan fingerprint density at radius 3 is 2.47 bits per heavy atom. The zero-order valence-corrected chi connectivity index (χ0v) is 20.4. The average molecular weight is 539 g/mol. The van der Waals surface area contributed by atoms with Crippen molar-refractivity contribution in [3.8, 4) is 0 Å². The molecule has 0 spiro atoms. The summed E-state index contributed by atoms with van der Waals surface area (Å²) in [5, 5.41) is 6.82. The first-order valence-electron chi connectivity index (χ1n) is 11.5. The van der Waals surface area contributed by atoms with E-state index in [4.69, 9.17) is 4.42 Å². The molecule has 2 saturated carbocycles. The van der Waals surface area contributed by atoms with E-state index in [1.165, 1.54) is 0 Å². The maximum Gasteiger partial charge on any atom is 0.470 e. The van der Waals surface area contributed by atoms with Crippen LogP contribution in [0.1, 0.15) is 69.1 Å². The summed E-state index contributed by atoms with van der Waals surface area (Å²) in [5.74, 6) is 0.993. The molecule has 3 fully saturated rings. The zero-order valence-electron chi connectivity index (χ0n) is 18.0. The summed E-state index contributed by atoms with van der Waals surface area (Å²) in [6.07, 6.45) is 2.77. The number of alkyl halides is 4. The Morgan fingerprint density at radius 1 is 1.12 bits per heavy atom. The lowest BCUT2D eigenvalue weighted by molar-refractivity contribution is -0.157. The Morgan fingerprint density at radius 2 is 1.84 bits per heavy atom. The minimum Gasteiger partial charge on any atom is -0.417 e. The smallest absolute Gasteiger partial charge is 0.417 e. The molecule has 0 N–H and O–H groups in total. The molecule has 2 aliphatic carbocycles. The number of carbonyl (C=O) groups excluding carboxylic acids is 1. The van der Waals surface area contributed by atoms with Crippen LogP contribution in [0, 0.1) is 5.92 Å². The van der Waals surface area contributed by atoms with E-state index in [1.54, 1.807) is 0 Å². The van der Waals surface area contributed by atoms with Crippen molar-refractivity contribution in [1.82, 2.24) is 20.0 Å². The number of halogens is 4. The van der Waals surface area contributed by atoms with Gasteiger partial charge in [0.2, 0.25) is 5.89 Å². The number of rotatable bonds is 4. The Bertz CT molecular complexity index is 766. The minimum absolute atomic E-state index is 0.0870. The van der Waals surface area contributed by atoms with E-state index in [-0.39, 0.29) is 23.9 Å². The number of carbonyl (C=O) groups is 1. The number of thioether (sulfide) groups is 1. The van der Waals surface area contributed by atoms with E-state index in [9.17, 15) is 18.0 Å². The van der Waals surface area contributed by atoms with Gasteiger partial charge in [0, 0.05) is 47.9 Å². The van der Waals surface area contributed by atoms with Gasteiger partial charge in [-0.25, -0.2) is 4.79 Å². The van der Waals surface area contributed by atoms with Crippen molar-refractivity contribution in [1.29, 1.82) is 0 Å². The van der Waals surface area contributed by atoms with E-state index < -0.39 is 12.1 Å². The summed E-state index contributed by atoms with van der Waals surface area (Å²) in [7, 11) is 0. The molecule has 4 rings (SSSR count). The monoisotopic (exact) mass is 538 g/mol. The maximum absolute atomic E-state index is 13.4. The van der Waals surface area contributed by atoms with Crippen LogP contribution in [0.2, 0.25) is 0 Å². The summed E-state index contributed by atoms with van der Waals surface area (Å²) in [6, 6.07) is 0.406. The third-order valence-electron chi connectivity index (χ3n) is 6.88. The molecule has 1 aromatic rings. The van der Waals surface area contributed by atoms with Gasteiger partial charge in [-0.15, -0.1) is 10.2 Å². The first-order chi connectivity index (χ1) is 15.3. The van der Waals surface area contributed by atoms with Gasteiger partial charge >= 0.3 is 18.1 Å². The number of urea groups is 1. The Balaban J connectivity index is 1.38. The molecule has 0 aromatic carbocycles. The van der Waals surface area contributed by atoms with Crippen LogP contribution < -0.4 is 0 Å². The van der Waals surface area contributed by atoms with Gasteiger partial charge in [0.05, 0.1) is 0 Å². The molecule has 0 bridgehead atoms. The normalized spacial score (nSPS) is 29.7. The first kappa shape index (κ1) is 24.2. The van der Waals surface area contributed by atoms with Gasteiger partial charge in [0.25, 0.3) is 0 Å². The summed E-state index contributed by atoms with van der Waals surface area (Å²) in [4.78, 5) is 18.0. The Hall–Kier alpha value is -0.970.